The first-order valence-corrected chi connectivity index (χ1v) is 19.0. The van der Waals surface area contributed by atoms with Crippen molar-refractivity contribution in [3.63, 3.8) is 0 Å². The van der Waals surface area contributed by atoms with Gasteiger partial charge in [0.15, 0.2) is 8.32 Å². The number of fused-ring (bicyclic) bond motifs is 4. The summed E-state index contributed by atoms with van der Waals surface area (Å²) in [7, 11) is -2.01. The molecule has 0 N–H and O–H groups in total. The molecule has 2 aromatic rings. The normalized spacial score (nSPS) is 23.7. The number of aromatic nitrogens is 1. The van der Waals surface area contributed by atoms with Crippen molar-refractivity contribution < 1.29 is 9.16 Å². The molecule has 1 fully saturated rings. The van der Waals surface area contributed by atoms with Gasteiger partial charge in [-0.15, -0.1) is 0 Å². The standard InChI is InChI=1S/C36H55NO2Si/c1-23(2)20-25-14-16-26(17-15-25)33-30-31(36(38-33)18-12-13-19-36)29-27(37-32(30)24(3)4)21-35(8,9)22-28(29)39-40(10,11)34(5,6)7/h14-17,23-24,28,33H,12-13,18-22H2,1-11H3. The van der Waals surface area contributed by atoms with Crippen molar-refractivity contribution in [2.45, 2.75) is 149 Å². The molecule has 1 aliphatic heterocycles. The molecule has 2 atom stereocenters. The van der Waals surface area contributed by atoms with Crippen molar-refractivity contribution >= 4 is 8.32 Å². The maximum atomic E-state index is 7.37. The molecule has 1 saturated carbocycles. The Labute approximate surface area is 246 Å². The number of hydrogen-bond acceptors (Lipinski definition) is 3. The van der Waals surface area contributed by atoms with Gasteiger partial charge in [-0.2, -0.15) is 0 Å². The molecule has 4 heteroatoms. The lowest BCUT2D eigenvalue weighted by atomic mass is 9.70. The van der Waals surface area contributed by atoms with Crippen molar-refractivity contribution in [1.82, 2.24) is 4.98 Å². The molecular weight excluding hydrogens is 506 g/mol. The molecule has 0 amide bonds. The van der Waals surface area contributed by atoms with E-state index in [1.807, 2.05) is 0 Å². The van der Waals surface area contributed by atoms with Crippen molar-refractivity contribution in [1.29, 1.82) is 0 Å². The molecule has 0 bridgehead atoms. The fourth-order valence-electron chi connectivity index (χ4n) is 7.32. The molecule has 0 radical (unpaired) electrons. The van der Waals surface area contributed by atoms with Crippen LogP contribution in [0.3, 0.4) is 0 Å². The highest BCUT2D eigenvalue weighted by Gasteiger charge is 2.54. The number of pyridine rings is 1. The quantitative estimate of drug-likeness (QED) is 0.329. The molecule has 2 unspecified atom stereocenters. The third-order valence-electron chi connectivity index (χ3n) is 10.3. The van der Waals surface area contributed by atoms with E-state index in [2.05, 4.69) is 99.7 Å². The monoisotopic (exact) mass is 561 g/mol. The third kappa shape index (κ3) is 5.38. The highest BCUT2D eigenvalue weighted by molar-refractivity contribution is 6.74. The molecule has 0 saturated heterocycles. The third-order valence-corrected chi connectivity index (χ3v) is 14.8. The first kappa shape index (κ1) is 30.0. The van der Waals surface area contributed by atoms with Crippen LogP contribution in [0.1, 0.15) is 152 Å². The van der Waals surface area contributed by atoms with Gasteiger partial charge in [0.05, 0.1) is 11.7 Å². The molecule has 1 spiro atoms. The SMILES string of the molecule is CC(C)Cc1ccc(C2OC3(CCCC3)c3c4c(nc(C(C)C)c32)CC(C)(C)CC4O[Si](C)(C)C(C)(C)C)cc1. The summed E-state index contributed by atoms with van der Waals surface area (Å²) in [4.78, 5) is 5.57. The lowest BCUT2D eigenvalue weighted by Crippen LogP contribution is -2.44. The average Bonchev–Trinajstić information content (AvgIpc) is 3.42. The van der Waals surface area contributed by atoms with E-state index in [0.717, 1.165) is 32.1 Å². The van der Waals surface area contributed by atoms with E-state index in [9.17, 15) is 0 Å². The Hall–Kier alpha value is -1.49. The van der Waals surface area contributed by atoms with Crippen molar-refractivity contribution in [3.05, 3.63) is 63.5 Å². The van der Waals surface area contributed by atoms with E-state index in [0.29, 0.717) is 11.8 Å². The number of benzene rings is 1. The van der Waals surface area contributed by atoms with Crippen LogP contribution in [0.15, 0.2) is 24.3 Å². The second-order valence-corrected chi connectivity index (χ2v) is 21.0. The first-order valence-electron chi connectivity index (χ1n) is 16.1. The van der Waals surface area contributed by atoms with Crippen LogP contribution in [0.4, 0.5) is 0 Å². The predicted molar refractivity (Wildman–Crippen MR) is 170 cm³/mol. The van der Waals surface area contributed by atoms with Gasteiger partial charge < -0.3 is 9.16 Å². The van der Waals surface area contributed by atoms with Crippen LogP contribution in [0, 0.1) is 11.3 Å². The molecule has 3 nitrogen and oxygen atoms in total. The summed E-state index contributed by atoms with van der Waals surface area (Å²) in [5.74, 6) is 0.994. The predicted octanol–water partition coefficient (Wildman–Crippen LogP) is 10.3. The Morgan fingerprint density at radius 1 is 1.00 bits per heavy atom. The Bertz CT molecular complexity index is 1230. The van der Waals surface area contributed by atoms with Crippen LogP contribution in [0.25, 0.3) is 0 Å². The summed E-state index contributed by atoms with van der Waals surface area (Å²) < 4.78 is 14.7. The summed E-state index contributed by atoms with van der Waals surface area (Å²) in [5.41, 5.74) is 9.41. The molecular formula is C36H55NO2Si. The number of hydrogen-bond donors (Lipinski definition) is 0. The minimum Gasteiger partial charge on any atom is -0.410 e. The van der Waals surface area contributed by atoms with Crippen LogP contribution in [0.2, 0.25) is 18.1 Å². The van der Waals surface area contributed by atoms with Crippen LogP contribution < -0.4 is 0 Å². The van der Waals surface area contributed by atoms with Crippen LogP contribution in [0.5, 0.6) is 0 Å². The molecule has 5 rings (SSSR count). The number of nitrogens with zero attached hydrogens (tertiary/aromatic N) is 1. The summed E-state index contributed by atoms with van der Waals surface area (Å²) in [6, 6.07) is 9.31. The van der Waals surface area contributed by atoms with E-state index in [1.54, 1.807) is 0 Å². The van der Waals surface area contributed by atoms with E-state index >= 15 is 0 Å². The molecule has 1 aromatic heterocycles. The summed E-state index contributed by atoms with van der Waals surface area (Å²) >= 11 is 0. The van der Waals surface area contributed by atoms with Gasteiger partial charge in [0.25, 0.3) is 0 Å². The molecule has 40 heavy (non-hydrogen) atoms. The van der Waals surface area contributed by atoms with Crippen LogP contribution >= 0.6 is 0 Å². The zero-order valence-electron chi connectivity index (χ0n) is 27.3. The van der Waals surface area contributed by atoms with Gasteiger partial charge in [0.2, 0.25) is 0 Å². The average molecular weight is 562 g/mol. The largest absolute Gasteiger partial charge is 0.410 e. The summed E-state index contributed by atoms with van der Waals surface area (Å²) in [5, 5.41) is 0.158. The van der Waals surface area contributed by atoms with Gasteiger partial charge in [0, 0.05) is 22.5 Å². The van der Waals surface area contributed by atoms with Gasteiger partial charge in [-0.3, -0.25) is 4.98 Å². The lowest BCUT2D eigenvalue weighted by molar-refractivity contribution is -0.0579. The first-order chi connectivity index (χ1) is 18.5. The van der Waals surface area contributed by atoms with Crippen molar-refractivity contribution in [2.24, 2.45) is 11.3 Å². The molecule has 220 valence electrons. The zero-order valence-corrected chi connectivity index (χ0v) is 28.3. The Morgan fingerprint density at radius 3 is 2.17 bits per heavy atom. The van der Waals surface area contributed by atoms with Gasteiger partial charge in [-0.1, -0.05) is 99.4 Å². The lowest BCUT2D eigenvalue weighted by Gasteiger charge is -2.45. The van der Waals surface area contributed by atoms with E-state index in [1.165, 1.54) is 52.0 Å². The minimum absolute atomic E-state index is 0.0557. The highest BCUT2D eigenvalue weighted by Crippen LogP contribution is 2.60. The van der Waals surface area contributed by atoms with Gasteiger partial charge >= 0.3 is 0 Å². The van der Waals surface area contributed by atoms with E-state index in [4.69, 9.17) is 14.1 Å². The number of ether oxygens (including phenoxy) is 1. The van der Waals surface area contributed by atoms with Gasteiger partial charge in [-0.05, 0) is 84.2 Å². The van der Waals surface area contributed by atoms with Gasteiger partial charge in [-0.25, -0.2) is 0 Å². The topological polar surface area (TPSA) is 31.4 Å². The summed E-state index contributed by atoms with van der Waals surface area (Å²) in [6.45, 7) is 25.9. The Balaban J connectivity index is 1.72. The fraction of sp³-hybridized carbons (Fsp3) is 0.694. The van der Waals surface area contributed by atoms with E-state index in [-0.39, 0.29) is 28.3 Å². The smallest absolute Gasteiger partial charge is 0.192 e. The van der Waals surface area contributed by atoms with E-state index < -0.39 is 8.32 Å². The van der Waals surface area contributed by atoms with Crippen molar-refractivity contribution in [3.8, 4) is 0 Å². The van der Waals surface area contributed by atoms with Crippen LogP contribution in [-0.4, -0.2) is 13.3 Å². The highest BCUT2D eigenvalue weighted by atomic mass is 28.4. The Kier molecular flexibility index (Phi) is 7.76. The second kappa shape index (κ2) is 10.3. The molecule has 1 aromatic carbocycles. The molecule has 2 heterocycles. The van der Waals surface area contributed by atoms with Crippen LogP contribution in [-0.2, 0) is 27.6 Å². The second-order valence-electron chi connectivity index (χ2n) is 16.3. The maximum absolute atomic E-state index is 7.37. The molecule has 2 aliphatic carbocycles. The van der Waals surface area contributed by atoms with Gasteiger partial charge in [0.1, 0.15) is 6.10 Å². The van der Waals surface area contributed by atoms with Crippen molar-refractivity contribution in [2.75, 3.05) is 0 Å². The maximum Gasteiger partial charge on any atom is 0.192 e. The Morgan fingerprint density at radius 2 is 1.62 bits per heavy atom. The zero-order chi connectivity index (χ0) is 29.3. The fourth-order valence-corrected chi connectivity index (χ4v) is 8.58. The number of rotatable bonds is 6. The molecule has 3 aliphatic rings. The summed E-state index contributed by atoms with van der Waals surface area (Å²) in [6.07, 6.45) is 7.86. The minimum atomic E-state index is -2.01.